The molecule has 2 fully saturated rings. The lowest BCUT2D eigenvalue weighted by Crippen LogP contribution is -2.56. The van der Waals surface area contributed by atoms with Gasteiger partial charge in [0.25, 0.3) is 0 Å². The van der Waals surface area contributed by atoms with Crippen LogP contribution in [0.1, 0.15) is 0 Å². The maximum atomic E-state index is 5.70. The molecule has 0 unspecified atom stereocenters. The molecular formula is C13H19N3O. The molecule has 0 aromatic heterocycles. The molecule has 2 N–H and O–H groups in total. The summed E-state index contributed by atoms with van der Waals surface area (Å²) in [6.45, 7) is 6.31. The van der Waals surface area contributed by atoms with E-state index in [1.54, 1.807) is 0 Å². The van der Waals surface area contributed by atoms with Gasteiger partial charge in [-0.1, -0.05) is 0 Å². The van der Waals surface area contributed by atoms with Gasteiger partial charge in [-0.15, -0.1) is 0 Å². The SMILES string of the molecule is Nc1ccc(N2CCN(C3COC3)CC2)cc1. The first-order valence-corrected chi connectivity index (χ1v) is 6.25. The smallest absolute Gasteiger partial charge is 0.0645 e. The van der Waals surface area contributed by atoms with Gasteiger partial charge in [0.15, 0.2) is 0 Å². The van der Waals surface area contributed by atoms with Gasteiger partial charge in [0, 0.05) is 37.6 Å². The number of hydrogen-bond acceptors (Lipinski definition) is 4. The van der Waals surface area contributed by atoms with E-state index in [2.05, 4.69) is 21.9 Å². The normalized spacial score (nSPS) is 22.5. The molecule has 0 bridgehead atoms. The van der Waals surface area contributed by atoms with E-state index in [0.717, 1.165) is 45.1 Å². The molecule has 3 rings (SSSR count). The van der Waals surface area contributed by atoms with Gasteiger partial charge in [0.1, 0.15) is 0 Å². The van der Waals surface area contributed by atoms with Crippen LogP contribution in [-0.4, -0.2) is 50.3 Å². The van der Waals surface area contributed by atoms with Gasteiger partial charge in [-0.2, -0.15) is 0 Å². The van der Waals surface area contributed by atoms with Crippen molar-refractivity contribution in [2.75, 3.05) is 50.0 Å². The largest absolute Gasteiger partial charge is 0.399 e. The molecule has 2 saturated heterocycles. The highest BCUT2D eigenvalue weighted by molar-refractivity contribution is 5.53. The van der Waals surface area contributed by atoms with Gasteiger partial charge >= 0.3 is 0 Å². The van der Waals surface area contributed by atoms with Crippen LogP contribution in [-0.2, 0) is 4.74 Å². The molecule has 1 aromatic rings. The molecule has 17 heavy (non-hydrogen) atoms. The Labute approximate surface area is 102 Å². The highest BCUT2D eigenvalue weighted by Crippen LogP contribution is 2.20. The first-order chi connectivity index (χ1) is 8.33. The molecule has 2 aliphatic heterocycles. The molecule has 4 nitrogen and oxygen atoms in total. The number of nitrogen functional groups attached to an aromatic ring is 1. The van der Waals surface area contributed by atoms with Crippen LogP contribution in [0.5, 0.6) is 0 Å². The number of anilines is 2. The average Bonchev–Trinajstić information content (AvgIpc) is 2.29. The van der Waals surface area contributed by atoms with Crippen molar-refractivity contribution in [2.24, 2.45) is 0 Å². The van der Waals surface area contributed by atoms with E-state index in [4.69, 9.17) is 10.5 Å². The summed E-state index contributed by atoms with van der Waals surface area (Å²) in [6, 6.07) is 8.83. The Balaban J connectivity index is 1.58. The van der Waals surface area contributed by atoms with Crippen molar-refractivity contribution >= 4 is 11.4 Å². The Kier molecular flexibility index (Phi) is 2.91. The Morgan fingerprint density at radius 1 is 1.00 bits per heavy atom. The third-order valence-electron chi connectivity index (χ3n) is 3.71. The summed E-state index contributed by atoms with van der Waals surface area (Å²) in [5.74, 6) is 0. The van der Waals surface area contributed by atoms with Crippen LogP contribution in [0.2, 0.25) is 0 Å². The van der Waals surface area contributed by atoms with Crippen molar-refractivity contribution in [3.05, 3.63) is 24.3 Å². The summed E-state index contributed by atoms with van der Waals surface area (Å²) in [4.78, 5) is 4.97. The number of nitrogens with zero attached hydrogens (tertiary/aromatic N) is 2. The summed E-state index contributed by atoms with van der Waals surface area (Å²) in [6.07, 6.45) is 0. The van der Waals surface area contributed by atoms with E-state index in [0.29, 0.717) is 6.04 Å². The molecule has 0 aliphatic carbocycles. The lowest BCUT2D eigenvalue weighted by atomic mass is 10.1. The standard InChI is InChI=1S/C13H19N3O/c14-11-1-3-12(4-2-11)15-5-7-16(8-6-15)13-9-17-10-13/h1-4,13H,5-10,14H2. The van der Waals surface area contributed by atoms with E-state index in [1.165, 1.54) is 5.69 Å². The summed E-state index contributed by atoms with van der Waals surface area (Å²) in [5.41, 5.74) is 7.82. The zero-order valence-corrected chi connectivity index (χ0v) is 10.0. The Morgan fingerprint density at radius 2 is 1.65 bits per heavy atom. The van der Waals surface area contributed by atoms with E-state index in [9.17, 15) is 0 Å². The van der Waals surface area contributed by atoms with Crippen LogP contribution in [0.4, 0.5) is 11.4 Å². The van der Waals surface area contributed by atoms with Crippen LogP contribution >= 0.6 is 0 Å². The highest BCUT2D eigenvalue weighted by atomic mass is 16.5. The van der Waals surface area contributed by atoms with Gasteiger partial charge in [-0.25, -0.2) is 0 Å². The van der Waals surface area contributed by atoms with E-state index in [-0.39, 0.29) is 0 Å². The topological polar surface area (TPSA) is 41.7 Å². The fraction of sp³-hybridized carbons (Fsp3) is 0.538. The Bertz CT molecular complexity index is 367. The van der Waals surface area contributed by atoms with Crippen molar-refractivity contribution < 1.29 is 4.74 Å². The van der Waals surface area contributed by atoms with E-state index >= 15 is 0 Å². The van der Waals surface area contributed by atoms with Crippen LogP contribution in [0.25, 0.3) is 0 Å². The van der Waals surface area contributed by atoms with Crippen molar-refractivity contribution in [2.45, 2.75) is 6.04 Å². The minimum Gasteiger partial charge on any atom is -0.399 e. The lowest BCUT2D eigenvalue weighted by molar-refractivity contribution is -0.0660. The molecule has 0 amide bonds. The lowest BCUT2D eigenvalue weighted by Gasteiger charge is -2.43. The fourth-order valence-electron chi connectivity index (χ4n) is 2.46. The van der Waals surface area contributed by atoms with Gasteiger partial charge in [-0.05, 0) is 24.3 Å². The van der Waals surface area contributed by atoms with Gasteiger partial charge in [-0.3, -0.25) is 4.90 Å². The predicted octanol–water partition coefficient (Wildman–Crippen LogP) is 0.790. The molecule has 0 atom stereocenters. The Hall–Kier alpha value is -1.26. The van der Waals surface area contributed by atoms with Gasteiger partial charge in [0.05, 0.1) is 19.3 Å². The molecule has 4 heteroatoms. The predicted molar refractivity (Wildman–Crippen MR) is 69.2 cm³/mol. The summed E-state index contributed by atoms with van der Waals surface area (Å²) in [7, 11) is 0. The molecule has 0 saturated carbocycles. The van der Waals surface area contributed by atoms with E-state index < -0.39 is 0 Å². The zero-order valence-electron chi connectivity index (χ0n) is 10.0. The van der Waals surface area contributed by atoms with E-state index in [1.807, 2.05) is 12.1 Å². The third kappa shape index (κ3) is 2.23. The monoisotopic (exact) mass is 233 g/mol. The second-order valence-electron chi connectivity index (χ2n) is 4.81. The molecule has 0 radical (unpaired) electrons. The first-order valence-electron chi connectivity index (χ1n) is 6.25. The maximum absolute atomic E-state index is 5.70. The number of hydrogen-bond donors (Lipinski definition) is 1. The zero-order chi connectivity index (χ0) is 11.7. The first kappa shape index (κ1) is 10.9. The number of piperazine rings is 1. The van der Waals surface area contributed by atoms with Gasteiger partial charge < -0.3 is 15.4 Å². The third-order valence-corrected chi connectivity index (χ3v) is 3.71. The fourth-order valence-corrected chi connectivity index (χ4v) is 2.46. The summed E-state index contributed by atoms with van der Waals surface area (Å²) >= 11 is 0. The summed E-state index contributed by atoms with van der Waals surface area (Å²) in [5, 5.41) is 0. The van der Waals surface area contributed by atoms with Crippen LogP contribution in [0.3, 0.4) is 0 Å². The van der Waals surface area contributed by atoms with Crippen LogP contribution < -0.4 is 10.6 Å². The number of nitrogens with two attached hydrogens (primary N) is 1. The Morgan fingerprint density at radius 3 is 2.18 bits per heavy atom. The van der Waals surface area contributed by atoms with Crippen molar-refractivity contribution in [1.29, 1.82) is 0 Å². The number of ether oxygens (including phenoxy) is 1. The molecule has 92 valence electrons. The van der Waals surface area contributed by atoms with Crippen molar-refractivity contribution in [1.82, 2.24) is 4.90 Å². The van der Waals surface area contributed by atoms with Crippen LogP contribution in [0.15, 0.2) is 24.3 Å². The number of benzene rings is 1. The van der Waals surface area contributed by atoms with Crippen molar-refractivity contribution in [3.8, 4) is 0 Å². The molecule has 2 heterocycles. The summed E-state index contributed by atoms with van der Waals surface area (Å²) < 4.78 is 5.24. The second kappa shape index (κ2) is 4.55. The minimum absolute atomic E-state index is 0.670. The molecular weight excluding hydrogens is 214 g/mol. The molecule has 2 aliphatic rings. The quantitative estimate of drug-likeness (QED) is 0.767. The molecule has 1 aromatic carbocycles. The minimum atomic E-state index is 0.670. The highest BCUT2D eigenvalue weighted by Gasteiger charge is 2.28. The molecule has 0 spiro atoms. The second-order valence-corrected chi connectivity index (χ2v) is 4.81. The maximum Gasteiger partial charge on any atom is 0.0645 e. The number of rotatable bonds is 2. The van der Waals surface area contributed by atoms with Gasteiger partial charge in [0.2, 0.25) is 0 Å². The average molecular weight is 233 g/mol. The van der Waals surface area contributed by atoms with Crippen LogP contribution in [0, 0.1) is 0 Å². The van der Waals surface area contributed by atoms with Crippen molar-refractivity contribution in [3.63, 3.8) is 0 Å².